The largest absolute Gasteiger partial charge is 0.489 e. The zero-order chi connectivity index (χ0) is 18.6. The molecule has 27 heavy (non-hydrogen) atoms. The smallest absolute Gasteiger partial charge is 0.317 e. The maximum Gasteiger partial charge on any atom is 0.317 e. The average molecular weight is 386 g/mol. The number of hydrogen-bond acceptors (Lipinski definition) is 3. The van der Waals surface area contributed by atoms with Crippen molar-refractivity contribution in [3.63, 3.8) is 0 Å². The molecule has 2 amide bonds. The van der Waals surface area contributed by atoms with Gasteiger partial charge in [0.25, 0.3) is 0 Å². The molecule has 1 N–H and O–H groups in total. The molecule has 4 rings (SSSR count). The molecule has 6 heteroatoms. The molecule has 0 radical (unpaired) electrons. The first-order valence-electron chi connectivity index (χ1n) is 9.45. The van der Waals surface area contributed by atoms with E-state index in [9.17, 15) is 4.79 Å². The fraction of sp³-hybridized carbons (Fsp3) is 0.381. The number of ether oxygens (including phenoxy) is 1. The van der Waals surface area contributed by atoms with Crippen molar-refractivity contribution in [1.82, 2.24) is 10.2 Å². The van der Waals surface area contributed by atoms with Crippen molar-refractivity contribution in [1.29, 1.82) is 0 Å². The van der Waals surface area contributed by atoms with Crippen LogP contribution in [0.3, 0.4) is 0 Å². The first-order chi connectivity index (χ1) is 13.2. The van der Waals surface area contributed by atoms with Crippen molar-refractivity contribution in [2.24, 2.45) is 0 Å². The Kier molecular flexibility index (Phi) is 5.39. The number of benzene rings is 2. The Morgan fingerprint density at radius 3 is 2.30 bits per heavy atom. The Balaban J connectivity index is 1.26. The van der Waals surface area contributed by atoms with Gasteiger partial charge in [0.15, 0.2) is 0 Å². The minimum atomic E-state index is 0.0862. The van der Waals surface area contributed by atoms with E-state index in [0.29, 0.717) is 12.6 Å². The lowest BCUT2D eigenvalue weighted by atomic mass is 10.2. The zero-order valence-electron chi connectivity index (χ0n) is 15.2. The second-order valence-electron chi connectivity index (χ2n) is 7.11. The Bertz CT molecular complexity index is 767. The summed E-state index contributed by atoms with van der Waals surface area (Å²) in [5.41, 5.74) is 2.25. The molecule has 0 atom stereocenters. The molecule has 2 aromatic carbocycles. The lowest BCUT2D eigenvalue weighted by Gasteiger charge is -2.36. The van der Waals surface area contributed by atoms with Crippen LogP contribution in [-0.4, -0.2) is 43.2 Å². The Labute approximate surface area is 164 Å². The van der Waals surface area contributed by atoms with E-state index in [4.69, 9.17) is 16.3 Å². The van der Waals surface area contributed by atoms with Crippen molar-refractivity contribution >= 4 is 23.3 Å². The number of hydrogen-bond donors (Lipinski definition) is 1. The summed E-state index contributed by atoms with van der Waals surface area (Å²) in [7, 11) is 0. The Morgan fingerprint density at radius 1 is 1.00 bits per heavy atom. The van der Waals surface area contributed by atoms with Gasteiger partial charge in [-0.25, -0.2) is 4.79 Å². The van der Waals surface area contributed by atoms with Crippen molar-refractivity contribution in [3.05, 3.63) is 59.1 Å². The highest BCUT2D eigenvalue weighted by atomic mass is 35.5. The first kappa shape index (κ1) is 18.0. The van der Waals surface area contributed by atoms with E-state index in [1.54, 1.807) is 0 Å². The summed E-state index contributed by atoms with van der Waals surface area (Å²) >= 11 is 5.90. The van der Waals surface area contributed by atoms with Crippen LogP contribution < -0.4 is 15.0 Å². The van der Waals surface area contributed by atoms with Crippen molar-refractivity contribution in [2.75, 3.05) is 31.1 Å². The van der Waals surface area contributed by atoms with E-state index in [0.717, 1.165) is 61.0 Å². The lowest BCUT2D eigenvalue weighted by molar-refractivity contribution is 0.194. The molecule has 1 saturated carbocycles. The molecule has 1 saturated heterocycles. The molecule has 2 aromatic rings. The molecule has 1 aliphatic heterocycles. The minimum absolute atomic E-state index is 0.0862. The molecule has 0 aromatic heterocycles. The van der Waals surface area contributed by atoms with Gasteiger partial charge in [0.05, 0.1) is 0 Å². The standard InChI is InChI=1S/C21H24ClN3O2/c22-17-3-1-16(2-4-17)15-27-20-9-7-19(8-10-20)24-11-13-25(14-12-24)21(26)23-18-5-6-18/h1-4,7-10,18H,5-6,11-15H2,(H,23,26). The summed E-state index contributed by atoms with van der Waals surface area (Å²) in [5, 5.41) is 3.79. The fourth-order valence-corrected chi connectivity index (χ4v) is 3.29. The summed E-state index contributed by atoms with van der Waals surface area (Å²) in [6.45, 7) is 3.73. The van der Waals surface area contributed by atoms with E-state index >= 15 is 0 Å². The summed E-state index contributed by atoms with van der Waals surface area (Å²) < 4.78 is 5.84. The van der Waals surface area contributed by atoms with E-state index in [1.807, 2.05) is 41.3 Å². The molecule has 0 bridgehead atoms. The van der Waals surface area contributed by atoms with E-state index in [1.165, 1.54) is 0 Å². The summed E-state index contributed by atoms with van der Waals surface area (Å²) in [5.74, 6) is 0.844. The number of halogens is 1. The monoisotopic (exact) mass is 385 g/mol. The normalized spacial score (nSPS) is 16.9. The minimum Gasteiger partial charge on any atom is -0.489 e. The number of rotatable bonds is 5. The van der Waals surface area contributed by atoms with Gasteiger partial charge in [0.1, 0.15) is 12.4 Å². The van der Waals surface area contributed by atoms with Crippen LogP contribution in [0.25, 0.3) is 0 Å². The maximum absolute atomic E-state index is 12.1. The third kappa shape index (κ3) is 4.86. The third-order valence-corrected chi connectivity index (χ3v) is 5.24. The van der Waals surface area contributed by atoms with Gasteiger partial charge >= 0.3 is 6.03 Å². The maximum atomic E-state index is 12.1. The van der Waals surface area contributed by atoms with E-state index in [-0.39, 0.29) is 6.03 Å². The van der Waals surface area contributed by atoms with Gasteiger partial charge in [0.2, 0.25) is 0 Å². The van der Waals surface area contributed by atoms with Crippen LogP contribution in [0.2, 0.25) is 5.02 Å². The van der Waals surface area contributed by atoms with E-state index in [2.05, 4.69) is 22.3 Å². The molecule has 2 aliphatic rings. The van der Waals surface area contributed by atoms with Gasteiger partial charge in [-0.05, 0) is 54.8 Å². The molecule has 5 nitrogen and oxygen atoms in total. The van der Waals surface area contributed by atoms with Gasteiger partial charge in [-0.2, -0.15) is 0 Å². The Morgan fingerprint density at radius 2 is 1.67 bits per heavy atom. The third-order valence-electron chi connectivity index (χ3n) is 4.99. The molecule has 0 unspecified atom stereocenters. The number of nitrogens with one attached hydrogen (secondary N) is 1. The average Bonchev–Trinajstić information content (AvgIpc) is 3.52. The molecule has 1 heterocycles. The highest BCUT2D eigenvalue weighted by molar-refractivity contribution is 6.30. The topological polar surface area (TPSA) is 44.8 Å². The number of nitrogens with zero attached hydrogens (tertiary/aromatic N) is 2. The molecular weight excluding hydrogens is 362 g/mol. The van der Waals surface area contributed by atoms with Gasteiger partial charge in [0, 0.05) is 42.9 Å². The summed E-state index contributed by atoms with van der Waals surface area (Å²) in [6, 6.07) is 16.3. The van der Waals surface area contributed by atoms with Gasteiger partial charge in [-0.3, -0.25) is 0 Å². The Hall–Kier alpha value is -2.40. The predicted molar refractivity (Wildman–Crippen MR) is 108 cm³/mol. The number of carbonyl (C=O) groups excluding carboxylic acids is 1. The second kappa shape index (κ2) is 8.09. The van der Waals surface area contributed by atoms with Crippen molar-refractivity contribution in [3.8, 4) is 5.75 Å². The molecule has 142 valence electrons. The number of piperazine rings is 1. The summed E-state index contributed by atoms with van der Waals surface area (Å²) in [4.78, 5) is 16.3. The van der Waals surface area contributed by atoms with Crippen LogP contribution in [-0.2, 0) is 6.61 Å². The number of carbonyl (C=O) groups is 1. The van der Waals surface area contributed by atoms with Crippen molar-refractivity contribution in [2.45, 2.75) is 25.5 Å². The first-order valence-corrected chi connectivity index (χ1v) is 9.83. The van der Waals surface area contributed by atoms with Crippen LogP contribution in [0.1, 0.15) is 18.4 Å². The quantitative estimate of drug-likeness (QED) is 0.848. The molecular formula is C21H24ClN3O2. The van der Waals surface area contributed by atoms with Gasteiger partial charge < -0.3 is 19.9 Å². The highest BCUT2D eigenvalue weighted by Crippen LogP contribution is 2.23. The zero-order valence-corrected chi connectivity index (χ0v) is 16.0. The summed E-state index contributed by atoms with van der Waals surface area (Å²) in [6.07, 6.45) is 2.25. The van der Waals surface area contributed by atoms with Crippen LogP contribution in [0.15, 0.2) is 48.5 Å². The fourth-order valence-electron chi connectivity index (χ4n) is 3.16. The number of amides is 2. The predicted octanol–water partition coefficient (Wildman–Crippen LogP) is 3.91. The van der Waals surface area contributed by atoms with Crippen LogP contribution in [0.5, 0.6) is 5.75 Å². The number of urea groups is 1. The van der Waals surface area contributed by atoms with Crippen LogP contribution in [0, 0.1) is 0 Å². The molecule has 1 aliphatic carbocycles. The van der Waals surface area contributed by atoms with Crippen LogP contribution >= 0.6 is 11.6 Å². The van der Waals surface area contributed by atoms with Gasteiger partial charge in [-0.15, -0.1) is 0 Å². The number of anilines is 1. The SMILES string of the molecule is O=C(NC1CC1)N1CCN(c2ccc(OCc3ccc(Cl)cc3)cc2)CC1. The van der Waals surface area contributed by atoms with E-state index < -0.39 is 0 Å². The molecule has 0 spiro atoms. The van der Waals surface area contributed by atoms with Gasteiger partial charge in [-0.1, -0.05) is 23.7 Å². The van der Waals surface area contributed by atoms with Crippen LogP contribution in [0.4, 0.5) is 10.5 Å². The van der Waals surface area contributed by atoms with Crippen molar-refractivity contribution < 1.29 is 9.53 Å². The molecule has 2 fully saturated rings. The lowest BCUT2D eigenvalue weighted by Crippen LogP contribution is -2.52. The second-order valence-corrected chi connectivity index (χ2v) is 7.54. The highest BCUT2D eigenvalue weighted by Gasteiger charge is 2.27.